The van der Waals surface area contributed by atoms with Gasteiger partial charge in [-0.15, -0.1) is 0 Å². The number of nitrogens with zero attached hydrogens (tertiary/aromatic N) is 3. The highest BCUT2D eigenvalue weighted by Crippen LogP contribution is 2.51. The zero-order valence-corrected chi connectivity index (χ0v) is 27.4. The van der Waals surface area contributed by atoms with E-state index in [9.17, 15) is 0 Å². The number of pyridine rings is 1. The summed E-state index contributed by atoms with van der Waals surface area (Å²) in [4.78, 5) is 15.6. The van der Waals surface area contributed by atoms with Gasteiger partial charge in [0.05, 0.1) is 22.8 Å². The molecule has 0 aliphatic heterocycles. The molecule has 232 valence electrons. The minimum Gasteiger partial charge on any atom is -0.247 e. The number of aromatic nitrogens is 3. The SMILES string of the molecule is CC1(C)c2ccccc2-c2nc(-c3cccc(-c4cccc(-c5nc(-c6ccccc6)cc(-c6ccccc6)n5)c4)c3)c3ccccc3c21. The summed E-state index contributed by atoms with van der Waals surface area (Å²) in [6.07, 6.45) is 0. The van der Waals surface area contributed by atoms with Crippen LogP contribution < -0.4 is 0 Å². The molecule has 0 amide bonds. The van der Waals surface area contributed by atoms with Crippen molar-refractivity contribution in [1.29, 1.82) is 0 Å². The molecule has 49 heavy (non-hydrogen) atoms. The number of fused-ring (bicyclic) bond motifs is 5. The van der Waals surface area contributed by atoms with Crippen molar-refractivity contribution in [2.75, 3.05) is 0 Å². The van der Waals surface area contributed by atoms with Crippen LogP contribution in [-0.2, 0) is 5.41 Å². The predicted molar refractivity (Wildman–Crippen MR) is 202 cm³/mol. The number of rotatable bonds is 5. The van der Waals surface area contributed by atoms with Crippen LogP contribution >= 0.6 is 0 Å². The largest absolute Gasteiger partial charge is 0.247 e. The second-order valence-electron chi connectivity index (χ2n) is 13.3. The molecule has 0 saturated heterocycles. The maximum absolute atomic E-state index is 5.45. The molecular formula is C46H33N3. The van der Waals surface area contributed by atoms with Crippen LogP contribution in [0.25, 0.3) is 78.3 Å². The van der Waals surface area contributed by atoms with Gasteiger partial charge >= 0.3 is 0 Å². The Morgan fingerprint density at radius 2 is 0.898 bits per heavy atom. The normalized spacial score (nSPS) is 12.9. The molecule has 0 radical (unpaired) electrons. The van der Waals surface area contributed by atoms with Gasteiger partial charge in [0.25, 0.3) is 0 Å². The number of hydrogen-bond donors (Lipinski definition) is 0. The summed E-state index contributed by atoms with van der Waals surface area (Å²) in [5, 5.41) is 2.44. The van der Waals surface area contributed by atoms with E-state index < -0.39 is 0 Å². The first-order chi connectivity index (χ1) is 24.0. The average Bonchev–Trinajstić information content (AvgIpc) is 3.41. The predicted octanol–water partition coefficient (Wildman–Crippen LogP) is 11.7. The first-order valence-electron chi connectivity index (χ1n) is 16.8. The second kappa shape index (κ2) is 11.5. The Balaban J connectivity index is 1.17. The summed E-state index contributed by atoms with van der Waals surface area (Å²) in [6.45, 7) is 4.64. The van der Waals surface area contributed by atoms with Gasteiger partial charge in [-0.1, -0.05) is 159 Å². The molecular weight excluding hydrogens is 595 g/mol. The molecule has 0 atom stereocenters. The fraction of sp³-hybridized carbons (Fsp3) is 0.0652. The van der Waals surface area contributed by atoms with E-state index in [1.165, 1.54) is 27.5 Å². The molecule has 2 aromatic heterocycles. The summed E-state index contributed by atoms with van der Waals surface area (Å²) in [5.41, 5.74) is 14.1. The van der Waals surface area contributed by atoms with Crippen LogP contribution in [0.2, 0.25) is 0 Å². The van der Waals surface area contributed by atoms with E-state index in [0.29, 0.717) is 5.82 Å². The lowest BCUT2D eigenvalue weighted by Crippen LogP contribution is -2.15. The third-order valence-electron chi connectivity index (χ3n) is 9.85. The average molecular weight is 628 g/mol. The fourth-order valence-electron chi connectivity index (χ4n) is 7.45. The van der Waals surface area contributed by atoms with E-state index >= 15 is 0 Å². The van der Waals surface area contributed by atoms with E-state index in [1.54, 1.807) is 0 Å². The summed E-state index contributed by atoms with van der Waals surface area (Å²) >= 11 is 0. The molecule has 9 rings (SSSR count). The van der Waals surface area contributed by atoms with Crippen LogP contribution in [0.5, 0.6) is 0 Å². The quantitative estimate of drug-likeness (QED) is 0.191. The third-order valence-corrected chi connectivity index (χ3v) is 9.85. The zero-order valence-electron chi connectivity index (χ0n) is 27.4. The molecule has 2 heterocycles. The van der Waals surface area contributed by atoms with Gasteiger partial charge in [0, 0.05) is 38.6 Å². The standard InChI is InChI=1S/C46H33N3/c1-46(2)39-26-12-11-25-38(39)44-42(46)36-23-9-10-24-37(36)43(49-44)34-21-13-19-32(27-34)33-20-14-22-35(28-33)45-47-40(30-15-5-3-6-16-30)29-41(48-45)31-17-7-4-8-18-31/h3-29H,1-2H3. The summed E-state index contributed by atoms with van der Waals surface area (Å²) in [5.74, 6) is 0.700. The van der Waals surface area contributed by atoms with Gasteiger partial charge in [-0.3, -0.25) is 0 Å². The van der Waals surface area contributed by atoms with Gasteiger partial charge in [-0.2, -0.15) is 0 Å². The lowest BCUT2D eigenvalue weighted by atomic mass is 9.80. The molecule has 0 N–H and O–H groups in total. The fourth-order valence-corrected chi connectivity index (χ4v) is 7.45. The first kappa shape index (κ1) is 29.0. The molecule has 1 aliphatic rings. The Morgan fingerprint density at radius 1 is 0.388 bits per heavy atom. The van der Waals surface area contributed by atoms with E-state index in [-0.39, 0.29) is 5.41 Å². The van der Waals surface area contributed by atoms with E-state index in [0.717, 1.165) is 56.2 Å². The Bertz CT molecular complexity index is 2460. The van der Waals surface area contributed by atoms with Crippen molar-refractivity contribution in [3.63, 3.8) is 0 Å². The Morgan fingerprint density at radius 3 is 1.57 bits per heavy atom. The van der Waals surface area contributed by atoms with E-state index in [1.807, 2.05) is 36.4 Å². The molecule has 1 aliphatic carbocycles. The molecule has 8 aromatic rings. The maximum Gasteiger partial charge on any atom is 0.160 e. The molecule has 6 aromatic carbocycles. The van der Waals surface area contributed by atoms with Gasteiger partial charge in [0.2, 0.25) is 0 Å². The Kier molecular flexibility index (Phi) is 6.80. The Labute approximate surface area is 286 Å². The van der Waals surface area contributed by atoms with Crippen LogP contribution in [-0.4, -0.2) is 15.0 Å². The van der Waals surface area contributed by atoms with Crippen LogP contribution in [0.1, 0.15) is 25.0 Å². The highest BCUT2D eigenvalue weighted by molar-refractivity contribution is 6.03. The molecule has 0 saturated carbocycles. The third kappa shape index (κ3) is 4.94. The molecule has 0 bridgehead atoms. The van der Waals surface area contributed by atoms with Crippen LogP contribution in [0.3, 0.4) is 0 Å². The van der Waals surface area contributed by atoms with Gasteiger partial charge in [0.15, 0.2) is 5.82 Å². The van der Waals surface area contributed by atoms with Crippen molar-refractivity contribution in [2.24, 2.45) is 0 Å². The highest BCUT2D eigenvalue weighted by Gasteiger charge is 2.38. The molecule has 3 nitrogen and oxygen atoms in total. The molecule has 3 heteroatoms. The van der Waals surface area contributed by atoms with Gasteiger partial charge < -0.3 is 0 Å². The Hall–Kier alpha value is -6.19. The topological polar surface area (TPSA) is 38.7 Å². The van der Waals surface area contributed by atoms with E-state index in [2.05, 4.69) is 141 Å². The molecule has 0 fully saturated rings. The van der Waals surface area contributed by atoms with Crippen LogP contribution in [0.15, 0.2) is 164 Å². The lowest BCUT2D eigenvalue weighted by molar-refractivity contribution is 0.665. The van der Waals surface area contributed by atoms with Crippen molar-refractivity contribution >= 4 is 10.8 Å². The smallest absolute Gasteiger partial charge is 0.160 e. The van der Waals surface area contributed by atoms with Gasteiger partial charge in [0.1, 0.15) is 0 Å². The van der Waals surface area contributed by atoms with Gasteiger partial charge in [-0.05, 0) is 45.8 Å². The second-order valence-corrected chi connectivity index (χ2v) is 13.3. The molecule has 0 spiro atoms. The zero-order chi connectivity index (χ0) is 33.0. The monoisotopic (exact) mass is 627 g/mol. The summed E-state index contributed by atoms with van der Waals surface area (Å²) < 4.78 is 0. The number of hydrogen-bond acceptors (Lipinski definition) is 3. The number of benzene rings is 6. The minimum atomic E-state index is -0.125. The van der Waals surface area contributed by atoms with Gasteiger partial charge in [-0.25, -0.2) is 15.0 Å². The van der Waals surface area contributed by atoms with Crippen molar-refractivity contribution in [3.05, 3.63) is 175 Å². The highest BCUT2D eigenvalue weighted by atomic mass is 14.9. The minimum absolute atomic E-state index is 0.125. The van der Waals surface area contributed by atoms with E-state index in [4.69, 9.17) is 15.0 Å². The van der Waals surface area contributed by atoms with Crippen LogP contribution in [0, 0.1) is 0 Å². The van der Waals surface area contributed by atoms with Crippen molar-refractivity contribution in [1.82, 2.24) is 15.0 Å². The lowest BCUT2D eigenvalue weighted by Gasteiger charge is -2.23. The first-order valence-corrected chi connectivity index (χ1v) is 16.8. The van der Waals surface area contributed by atoms with Crippen molar-refractivity contribution in [2.45, 2.75) is 19.3 Å². The van der Waals surface area contributed by atoms with Crippen molar-refractivity contribution in [3.8, 4) is 67.5 Å². The van der Waals surface area contributed by atoms with Crippen molar-refractivity contribution < 1.29 is 0 Å². The van der Waals surface area contributed by atoms with Crippen LogP contribution in [0.4, 0.5) is 0 Å². The maximum atomic E-state index is 5.45. The molecule has 0 unspecified atom stereocenters. The summed E-state index contributed by atoms with van der Waals surface area (Å²) in [7, 11) is 0. The summed E-state index contributed by atoms with van der Waals surface area (Å²) in [6, 6.07) is 57.5.